The minimum Gasteiger partial charge on any atom is -0.354 e. The molecule has 2 unspecified atom stereocenters. The van der Waals surface area contributed by atoms with Crippen molar-refractivity contribution in [1.29, 1.82) is 0 Å². The summed E-state index contributed by atoms with van der Waals surface area (Å²) in [6.07, 6.45) is 2.35. The molecule has 1 amide bonds. The Kier molecular flexibility index (Phi) is 4.96. The molecule has 4 nitrogen and oxygen atoms in total. The molecule has 1 aromatic heterocycles. The second kappa shape index (κ2) is 6.50. The van der Waals surface area contributed by atoms with Crippen LogP contribution in [0.4, 0.5) is 0 Å². The highest BCUT2D eigenvalue weighted by Gasteiger charge is 2.31. The Balaban J connectivity index is 2.02. The lowest BCUT2D eigenvalue weighted by Gasteiger charge is -2.39. The molecule has 2 rings (SSSR count). The van der Waals surface area contributed by atoms with Crippen LogP contribution in [-0.4, -0.2) is 37.0 Å². The van der Waals surface area contributed by atoms with Gasteiger partial charge in [-0.15, -0.1) is 11.3 Å². The zero-order chi connectivity index (χ0) is 13.8. The molecule has 0 aromatic carbocycles. The molecule has 0 aliphatic carbocycles. The molecule has 1 aromatic rings. The SMILES string of the molecule is C[C@@H](N)C(=O)NCC1CCCN(C)C1c1cccs1. The van der Waals surface area contributed by atoms with Gasteiger partial charge >= 0.3 is 0 Å². The molecule has 3 atom stereocenters. The summed E-state index contributed by atoms with van der Waals surface area (Å²) in [5.41, 5.74) is 5.59. The Morgan fingerprint density at radius 1 is 1.68 bits per heavy atom. The first kappa shape index (κ1) is 14.5. The van der Waals surface area contributed by atoms with Crippen molar-refractivity contribution in [2.45, 2.75) is 31.8 Å². The van der Waals surface area contributed by atoms with Crippen LogP contribution in [0.1, 0.15) is 30.7 Å². The zero-order valence-electron chi connectivity index (χ0n) is 11.6. The van der Waals surface area contributed by atoms with Crippen LogP contribution in [-0.2, 0) is 4.79 Å². The van der Waals surface area contributed by atoms with Crippen LogP contribution in [0.25, 0.3) is 0 Å². The first-order valence-corrected chi connectivity index (χ1v) is 7.74. The van der Waals surface area contributed by atoms with Gasteiger partial charge in [-0.25, -0.2) is 0 Å². The molecule has 0 radical (unpaired) electrons. The first-order chi connectivity index (χ1) is 9.09. The van der Waals surface area contributed by atoms with Crippen molar-refractivity contribution in [1.82, 2.24) is 10.2 Å². The van der Waals surface area contributed by atoms with E-state index in [1.807, 2.05) is 0 Å². The summed E-state index contributed by atoms with van der Waals surface area (Å²) < 4.78 is 0. The van der Waals surface area contributed by atoms with E-state index < -0.39 is 6.04 Å². The number of thiophene rings is 1. The summed E-state index contributed by atoms with van der Waals surface area (Å²) in [5, 5.41) is 5.10. The highest BCUT2D eigenvalue weighted by Crippen LogP contribution is 2.36. The molecule has 0 saturated carbocycles. The molecule has 5 heteroatoms. The molecule has 1 saturated heterocycles. The molecule has 1 aliphatic heterocycles. The van der Waals surface area contributed by atoms with E-state index >= 15 is 0 Å². The van der Waals surface area contributed by atoms with Gasteiger partial charge in [-0.2, -0.15) is 0 Å². The summed E-state index contributed by atoms with van der Waals surface area (Å²) in [6, 6.07) is 4.28. The highest BCUT2D eigenvalue weighted by atomic mass is 32.1. The van der Waals surface area contributed by atoms with Crippen LogP contribution >= 0.6 is 11.3 Å². The average molecular weight is 281 g/mol. The van der Waals surface area contributed by atoms with Crippen LogP contribution in [0.15, 0.2) is 17.5 Å². The smallest absolute Gasteiger partial charge is 0.236 e. The molecule has 2 heterocycles. The Morgan fingerprint density at radius 2 is 2.47 bits per heavy atom. The van der Waals surface area contributed by atoms with Crippen LogP contribution in [0, 0.1) is 5.92 Å². The predicted octanol–water partition coefficient (Wildman–Crippen LogP) is 1.59. The summed E-state index contributed by atoms with van der Waals surface area (Å²) in [4.78, 5) is 15.4. The Hall–Kier alpha value is -0.910. The van der Waals surface area contributed by atoms with Gasteiger partial charge in [0.1, 0.15) is 0 Å². The van der Waals surface area contributed by atoms with Gasteiger partial charge in [0.15, 0.2) is 0 Å². The van der Waals surface area contributed by atoms with Gasteiger partial charge in [0.2, 0.25) is 5.91 Å². The summed E-state index contributed by atoms with van der Waals surface area (Å²) >= 11 is 1.80. The van der Waals surface area contributed by atoms with Crippen molar-refractivity contribution in [3.05, 3.63) is 22.4 Å². The second-order valence-corrected chi connectivity index (χ2v) is 6.36. The maximum absolute atomic E-state index is 11.6. The lowest BCUT2D eigenvalue weighted by atomic mass is 9.88. The van der Waals surface area contributed by atoms with E-state index in [9.17, 15) is 4.79 Å². The fourth-order valence-electron chi connectivity index (χ4n) is 2.78. The first-order valence-electron chi connectivity index (χ1n) is 6.86. The van der Waals surface area contributed by atoms with Gasteiger partial charge in [-0.1, -0.05) is 6.07 Å². The van der Waals surface area contributed by atoms with E-state index in [2.05, 4.69) is 34.8 Å². The quantitative estimate of drug-likeness (QED) is 0.881. The van der Waals surface area contributed by atoms with E-state index in [0.717, 1.165) is 13.0 Å². The molecule has 1 aliphatic rings. The fraction of sp³-hybridized carbons (Fsp3) is 0.643. The minimum atomic E-state index is -0.429. The Morgan fingerprint density at radius 3 is 3.11 bits per heavy atom. The maximum Gasteiger partial charge on any atom is 0.236 e. The largest absolute Gasteiger partial charge is 0.354 e. The fourth-order valence-corrected chi connectivity index (χ4v) is 3.76. The predicted molar refractivity (Wildman–Crippen MR) is 79.1 cm³/mol. The molecular weight excluding hydrogens is 258 g/mol. The Labute approximate surface area is 119 Å². The van der Waals surface area contributed by atoms with E-state index in [1.54, 1.807) is 18.3 Å². The van der Waals surface area contributed by atoms with Crippen molar-refractivity contribution in [3.63, 3.8) is 0 Å². The van der Waals surface area contributed by atoms with E-state index in [-0.39, 0.29) is 5.91 Å². The summed E-state index contributed by atoms with van der Waals surface area (Å²) in [6.45, 7) is 3.56. The van der Waals surface area contributed by atoms with E-state index in [4.69, 9.17) is 5.73 Å². The molecule has 106 valence electrons. The minimum absolute atomic E-state index is 0.0573. The number of nitrogens with two attached hydrogens (primary N) is 1. The van der Waals surface area contributed by atoms with E-state index in [0.29, 0.717) is 18.5 Å². The third-order valence-electron chi connectivity index (χ3n) is 3.79. The van der Waals surface area contributed by atoms with Crippen molar-refractivity contribution >= 4 is 17.2 Å². The number of hydrogen-bond donors (Lipinski definition) is 2. The van der Waals surface area contributed by atoms with Crippen molar-refractivity contribution in [3.8, 4) is 0 Å². The number of carbonyl (C=O) groups excluding carboxylic acids is 1. The zero-order valence-corrected chi connectivity index (χ0v) is 12.5. The number of nitrogens with one attached hydrogen (secondary N) is 1. The third kappa shape index (κ3) is 3.55. The second-order valence-electron chi connectivity index (χ2n) is 5.38. The van der Waals surface area contributed by atoms with Crippen molar-refractivity contribution < 1.29 is 4.79 Å². The van der Waals surface area contributed by atoms with Crippen LogP contribution in [0.5, 0.6) is 0 Å². The van der Waals surface area contributed by atoms with Crippen molar-refractivity contribution in [2.75, 3.05) is 20.1 Å². The van der Waals surface area contributed by atoms with Crippen LogP contribution in [0.3, 0.4) is 0 Å². The number of amides is 1. The molecule has 0 bridgehead atoms. The molecule has 1 fully saturated rings. The topological polar surface area (TPSA) is 58.4 Å². The number of carbonyl (C=O) groups is 1. The number of likely N-dealkylation sites (tertiary alicyclic amines) is 1. The monoisotopic (exact) mass is 281 g/mol. The number of piperidine rings is 1. The van der Waals surface area contributed by atoms with Crippen molar-refractivity contribution in [2.24, 2.45) is 11.7 Å². The third-order valence-corrected chi connectivity index (χ3v) is 4.74. The van der Waals surface area contributed by atoms with Gasteiger partial charge in [0.25, 0.3) is 0 Å². The highest BCUT2D eigenvalue weighted by molar-refractivity contribution is 7.10. The van der Waals surface area contributed by atoms with Gasteiger partial charge in [-0.3, -0.25) is 9.69 Å². The van der Waals surface area contributed by atoms with Gasteiger partial charge in [0, 0.05) is 17.5 Å². The summed E-state index contributed by atoms with van der Waals surface area (Å²) in [5.74, 6) is 0.415. The number of rotatable bonds is 4. The maximum atomic E-state index is 11.6. The molecule has 19 heavy (non-hydrogen) atoms. The van der Waals surface area contributed by atoms with E-state index in [1.165, 1.54) is 11.3 Å². The lowest BCUT2D eigenvalue weighted by molar-refractivity contribution is -0.122. The van der Waals surface area contributed by atoms with Crippen LogP contribution in [0.2, 0.25) is 0 Å². The van der Waals surface area contributed by atoms with Gasteiger partial charge in [0.05, 0.1) is 6.04 Å². The molecular formula is C14H23N3OS. The van der Waals surface area contributed by atoms with Gasteiger partial charge in [-0.05, 0) is 50.7 Å². The Bertz CT molecular complexity index is 405. The average Bonchev–Trinajstić information content (AvgIpc) is 2.89. The summed E-state index contributed by atoms with van der Waals surface area (Å²) in [7, 11) is 2.17. The standard InChI is InChI=1S/C14H23N3OS/c1-10(15)14(18)16-9-11-5-3-7-17(2)13(11)12-6-4-8-19-12/h4,6,8,10-11,13H,3,5,7,9,15H2,1-2H3,(H,16,18)/t10-,11?,13?/m1/s1. The number of hydrogen-bond acceptors (Lipinski definition) is 4. The normalized spacial score (nSPS) is 26.1. The van der Waals surface area contributed by atoms with Crippen LogP contribution < -0.4 is 11.1 Å². The molecule has 0 spiro atoms. The number of nitrogens with zero attached hydrogens (tertiary/aromatic N) is 1. The van der Waals surface area contributed by atoms with Gasteiger partial charge < -0.3 is 11.1 Å². The lowest BCUT2D eigenvalue weighted by Crippen LogP contribution is -2.45. The molecule has 3 N–H and O–H groups in total.